The molecule has 0 radical (unpaired) electrons. The van der Waals surface area contributed by atoms with E-state index in [-0.39, 0.29) is 0 Å². The third kappa shape index (κ3) is 4.32. The van der Waals surface area contributed by atoms with E-state index in [1.807, 2.05) is 0 Å². The first-order valence-corrected chi connectivity index (χ1v) is 13.6. The van der Waals surface area contributed by atoms with Gasteiger partial charge in [0.1, 0.15) is 5.75 Å². The summed E-state index contributed by atoms with van der Waals surface area (Å²) in [5, 5.41) is 6.62. The summed E-state index contributed by atoms with van der Waals surface area (Å²) >= 11 is 0. The van der Waals surface area contributed by atoms with Crippen LogP contribution in [0.4, 0.5) is 0 Å². The molecule has 2 heteroatoms. The molecule has 0 unspecified atom stereocenters. The Morgan fingerprint density at radius 2 is 1.41 bits per heavy atom. The van der Waals surface area contributed by atoms with E-state index in [1.54, 1.807) is 0 Å². The van der Waals surface area contributed by atoms with E-state index in [1.165, 1.54) is 113 Å². The molecule has 5 fully saturated rings. The zero-order valence-corrected chi connectivity index (χ0v) is 19.8. The number of nitrogens with one attached hydrogen (secondary N) is 1. The Balaban J connectivity index is 1.07. The van der Waals surface area contributed by atoms with Gasteiger partial charge in [-0.15, -0.1) is 0 Å². The number of hydrogen-bond acceptors (Lipinski definition) is 2. The smallest absolute Gasteiger partial charge is 0.120 e. The summed E-state index contributed by atoms with van der Waals surface area (Å²) in [5.74, 6) is 2.09. The van der Waals surface area contributed by atoms with Crippen LogP contribution in [0.1, 0.15) is 102 Å². The Morgan fingerprint density at radius 3 is 2.16 bits per heavy atom. The van der Waals surface area contributed by atoms with E-state index in [2.05, 4.69) is 41.7 Å². The molecule has 2 nitrogen and oxygen atoms in total. The second-order valence-corrected chi connectivity index (χ2v) is 11.8. The Bertz CT molecular complexity index is 911. The Morgan fingerprint density at radius 1 is 0.719 bits per heavy atom. The maximum absolute atomic E-state index is 6.47. The van der Waals surface area contributed by atoms with Gasteiger partial charge in [0.15, 0.2) is 0 Å². The van der Waals surface area contributed by atoms with Crippen molar-refractivity contribution < 1.29 is 4.74 Å². The third-order valence-corrected chi connectivity index (χ3v) is 9.85. The van der Waals surface area contributed by atoms with Crippen LogP contribution in [0, 0.1) is 11.3 Å². The molecule has 0 amide bonds. The summed E-state index contributed by atoms with van der Waals surface area (Å²) < 4.78 is 6.47. The average molecular weight is 432 g/mol. The van der Waals surface area contributed by atoms with Gasteiger partial charge in [-0.05, 0) is 123 Å². The van der Waals surface area contributed by atoms with Crippen LogP contribution in [0.2, 0.25) is 0 Å². The summed E-state index contributed by atoms with van der Waals surface area (Å²) in [6.07, 6.45) is 21.4. The molecule has 0 heterocycles. The van der Waals surface area contributed by atoms with Gasteiger partial charge in [0.2, 0.25) is 0 Å². The zero-order valence-electron chi connectivity index (χ0n) is 19.8. The summed E-state index contributed by atoms with van der Waals surface area (Å²) in [6.45, 7) is 1.00. The van der Waals surface area contributed by atoms with E-state index in [9.17, 15) is 0 Å². The highest BCUT2D eigenvalue weighted by atomic mass is 16.5. The van der Waals surface area contributed by atoms with E-state index in [4.69, 9.17) is 4.74 Å². The van der Waals surface area contributed by atoms with Gasteiger partial charge in [0.05, 0.1) is 6.10 Å². The van der Waals surface area contributed by atoms with Crippen molar-refractivity contribution in [2.75, 3.05) is 0 Å². The lowest BCUT2D eigenvalue weighted by atomic mass is 9.65. The van der Waals surface area contributed by atoms with Crippen LogP contribution in [0.3, 0.4) is 0 Å². The van der Waals surface area contributed by atoms with Gasteiger partial charge < -0.3 is 10.1 Å². The Kier molecular flexibility index (Phi) is 5.70. The van der Waals surface area contributed by atoms with Gasteiger partial charge in [0.25, 0.3) is 0 Å². The highest BCUT2D eigenvalue weighted by Gasteiger charge is 2.40. The lowest BCUT2D eigenvalue weighted by Gasteiger charge is -2.47. The average Bonchev–Trinajstić information content (AvgIpc) is 2.86. The predicted octanol–water partition coefficient (Wildman–Crippen LogP) is 7.92. The quantitative estimate of drug-likeness (QED) is 0.519. The highest BCUT2D eigenvalue weighted by molar-refractivity contribution is 5.84. The third-order valence-electron chi connectivity index (χ3n) is 9.85. The van der Waals surface area contributed by atoms with Crippen molar-refractivity contribution in [2.45, 2.75) is 114 Å². The molecule has 172 valence electrons. The van der Waals surface area contributed by atoms with Crippen molar-refractivity contribution in [3.63, 3.8) is 0 Å². The molecule has 2 bridgehead atoms. The lowest BCUT2D eigenvalue weighted by Crippen LogP contribution is -2.51. The highest BCUT2D eigenvalue weighted by Crippen LogP contribution is 2.48. The fourth-order valence-electron chi connectivity index (χ4n) is 7.58. The molecule has 32 heavy (non-hydrogen) atoms. The Hall–Kier alpha value is -1.54. The maximum atomic E-state index is 6.47. The van der Waals surface area contributed by atoms with Crippen molar-refractivity contribution in [3.8, 4) is 5.75 Å². The Labute approximate surface area is 194 Å². The molecule has 0 atom stereocenters. The van der Waals surface area contributed by atoms with Crippen LogP contribution in [0.25, 0.3) is 10.8 Å². The molecule has 0 aromatic heterocycles. The molecule has 2 aromatic carbocycles. The predicted molar refractivity (Wildman–Crippen MR) is 133 cm³/mol. The number of fused-ring (bicyclic) bond motifs is 4. The molecule has 5 aliphatic carbocycles. The van der Waals surface area contributed by atoms with E-state index in [0.29, 0.717) is 17.1 Å². The van der Waals surface area contributed by atoms with Crippen molar-refractivity contribution in [2.24, 2.45) is 11.3 Å². The number of ether oxygens (including phenoxy) is 1. The minimum absolute atomic E-state index is 0.410. The first kappa shape index (κ1) is 21.0. The molecule has 5 aliphatic rings. The van der Waals surface area contributed by atoms with Gasteiger partial charge in [-0.25, -0.2) is 0 Å². The van der Waals surface area contributed by atoms with Crippen LogP contribution >= 0.6 is 0 Å². The van der Waals surface area contributed by atoms with Gasteiger partial charge >= 0.3 is 0 Å². The lowest BCUT2D eigenvalue weighted by molar-refractivity contribution is 0.0524. The number of rotatable bonds is 5. The normalized spacial score (nSPS) is 30.1. The number of hydrogen-bond donors (Lipinski definition) is 1. The van der Waals surface area contributed by atoms with Gasteiger partial charge in [-0.1, -0.05) is 37.5 Å². The SMILES string of the molecule is c1cc2cc(OC3CCC4(CCCCC4)CC3)ccc2cc1CNC12CCC(CC1)CC2. The van der Waals surface area contributed by atoms with Crippen molar-refractivity contribution in [3.05, 3.63) is 42.0 Å². The molecule has 1 spiro atoms. The van der Waals surface area contributed by atoms with Gasteiger partial charge in [0, 0.05) is 12.1 Å². The van der Waals surface area contributed by atoms with Crippen LogP contribution in [0.15, 0.2) is 36.4 Å². The zero-order chi connectivity index (χ0) is 21.4. The van der Waals surface area contributed by atoms with Crippen LogP contribution in [-0.2, 0) is 6.54 Å². The molecular formula is C30H41NO. The molecule has 5 saturated carbocycles. The van der Waals surface area contributed by atoms with Crippen molar-refractivity contribution >= 4 is 10.8 Å². The van der Waals surface area contributed by atoms with E-state index in [0.717, 1.165) is 18.2 Å². The van der Waals surface area contributed by atoms with Crippen molar-refractivity contribution in [1.29, 1.82) is 0 Å². The van der Waals surface area contributed by atoms with Crippen LogP contribution in [-0.4, -0.2) is 11.6 Å². The minimum Gasteiger partial charge on any atom is -0.490 e. The fourth-order valence-corrected chi connectivity index (χ4v) is 7.58. The molecule has 1 N–H and O–H groups in total. The second-order valence-electron chi connectivity index (χ2n) is 11.8. The van der Waals surface area contributed by atoms with Gasteiger partial charge in [-0.2, -0.15) is 0 Å². The van der Waals surface area contributed by atoms with E-state index < -0.39 is 0 Å². The first-order valence-electron chi connectivity index (χ1n) is 13.6. The minimum atomic E-state index is 0.410. The monoisotopic (exact) mass is 431 g/mol. The summed E-state index contributed by atoms with van der Waals surface area (Å²) in [7, 11) is 0. The number of benzene rings is 2. The fraction of sp³-hybridized carbons (Fsp3) is 0.667. The summed E-state index contributed by atoms with van der Waals surface area (Å²) in [5.41, 5.74) is 2.51. The van der Waals surface area contributed by atoms with Crippen LogP contribution < -0.4 is 10.1 Å². The second kappa shape index (κ2) is 8.67. The van der Waals surface area contributed by atoms with E-state index >= 15 is 0 Å². The van der Waals surface area contributed by atoms with Crippen molar-refractivity contribution in [1.82, 2.24) is 5.32 Å². The standard InChI is InChI=1S/C30H41NO/c1-2-13-29(14-3-1)15-11-27(12-16-29)32-28-7-6-25-20-24(4-5-26(25)21-28)22-31-30-17-8-23(9-18-30)10-19-30/h4-7,20-21,23,27,31H,1-3,8-19,22H2. The summed E-state index contributed by atoms with van der Waals surface area (Å²) in [6, 6.07) is 13.7. The van der Waals surface area contributed by atoms with Gasteiger partial charge in [-0.3, -0.25) is 0 Å². The molecule has 0 saturated heterocycles. The topological polar surface area (TPSA) is 21.3 Å². The largest absolute Gasteiger partial charge is 0.490 e. The molecule has 2 aromatic rings. The van der Waals surface area contributed by atoms with Crippen LogP contribution in [0.5, 0.6) is 5.75 Å². The molecular weight excluding hydrogens is 390 g/mol. The first-order chi connectivity index (χ1) is 15.7. The maximum Gasteiger partial charge on any atom is 0.120 e. The molecule has 0 aliphatic heterocycles. The summed E-state index contributed by atoms with van der Waals surface area (Å²) in [4.78, 5) is 0. The molecule has 7 rings (SSSR count).